The number of hydrogen-bond donors (Lipinski definition) is 1. The highest BCUT2D eigenvalue weighted by Gasteiger charge is 2.45. The molecule has 0 amide bonds. The van der Waals surface area contributed by atoms with Crippen LogP contribution in [0.1, 0.15) is 55.8 Å². The van der Waals surface area contributed by atoms with Crippen molar-refractivity contribution in [3.8, 4) is 11.5 Å². The predicted octanol–water partition coefficient (Wildman–Crippen LogP) is 3.65. The summed E-state index contributed by atoms with van der Waals surface area (Å²) in [5, 5.41) is 11.9. The number of rotatable bonds is 4. The van der Waals surface area contributed by atoms with E-state index in [1.165, 1.54) is 38.5 Å². The van der Waals surface area contributed by atoms with Crippen molar-refractivity contribution in [3.05, 3.63) is 17.3 Å². The Morgan fingerprint density at radius 3 is 2.72 bits per heavy atom. The fraction of sp³-hybridized carbons (Fsp3) is 0.737. The molecule has 2 aromatic heterocycles. The van der Waals surface area contributed by atoms with Gasteiger partial charge >= 0.3 is 0 Å². The first kappa shape index (κ1) is 15.6. The Balaban J connectivity index is 1.28. The summed E-state index contributed by atoms with van der Waals surface area (Å²) in [5.74, 6) is 5.70. The maximum Gasteiger partial charge on any atom is 0.263 e. The van der Waals surface area contributed by atoms with E-state index in [0.29, 0.717) is 18.5 Å². The summed E-state index contributed by atoms with van der Waals surface area (Å²) in [6, 6.07) is 0.617. The van der Waals surface area contributed by atoms with Crippen LogP contribution in [0.4, 0.5) is 0 Å². The van der Waals surface area contributed by atoms with Crippen LogP contribution in [0, 0.1) is 37.5 Å². The zero-order valence-corrected chi connectivity index (χ0v) is 15.0. The van der Waals surface area contributed by atoms with Crippen LogP contribution in [-0.4, -0.2) is 21.3 Å². The molecule has 2 heterocycles. The van der Waals surface area contributed by atoms with Crippen LogP contribution >= 0.6 is 0 Å². The second kappa shape index (κ2) is 5.94. The number of hydrogen-bond acceptors (Lipinski definition) is 6. The minimum atomic E-state index is 0.508. The van der Waals surface area contributed by atoms with Crippen molar-refractivity contribution in [2.24, 2.45) is 23.7 Å². The van der Waals surface area contributed by atoms with Crippen molar-refractivity contribution in [1.29, 1.82) is 0 Å². The summed E-state index contributed by atoms with van der Waals surface area (Å²) >= 11 is 0. The average molecular weight is 342 g/mol. The van der Waals surface area contributed by atoms with E-state index < -0.39 is 0 Å². The third-order valence-corrected chi connectivity index (χ3v) is 6.79. The maximum atomic E-state index is 5.45. The van der Waals surface area contributed by atoms with Gasteiger partial charge in [-0.2, -0.15) is 4.98 Å². The van der Waals surface area contributed by atoms with E-state index in [1.54, 1.807) is 0 Å². The SMILES string of the molecule is Cc1noc(C)c1-c1nc(CNC2CC3CC4CCC2C(C4)C3)no1. The lowest BCUT2D eigenvalue weighted by atomic mass is 9.56. The van der Waals surface area contributed by atoms with Gasteiger partial charge in [-0.15, -0.1) is 0 Å². The minimum Gasteiger partial charge on any atom is -0.361 e. The molecular weight excluding hydrogens is 316 g/mol. The van der Waals surface area contributed by atoms with E-state index in [2.05, 4.69) is 20.6 Å². The molecule has 0 spiro atoms. The van der Waals surface area contributed by atoms with Crippen LogP contribution in [-0.2, 0) is 6.54 Å². The molecule has 3 fully saturated rings. The van der Waals surface area contributed by atoms with Gasteiger partial charge in [-0.1, -0.05) is 16.7 Å². The van der Waals surface area contributed by atoms with Crippen molar-refractivity contribution in [1.82, 2.24) is 20.6 Å². The Hall–Kier alpha value is -1.69. The van der Waals surface area contributed by atoms with Crippen LogP contribution in [0.25, 0.3) is 11.5 Å². The Kier molecular flexibility index (Phi) is 3.69. The van der Waals surface area contributed by atoms with E-state index >= 15 is 0 Å². The highest BCUT2D eigenvalue weighted by molar-refractivity contribution is 5.57. The van der Waals surface area contributed by atoms with Crippen molar-refractivity contribution < 1.29 is 9.05 Å². The summed E-state index contributed by atoms with van der Waals surface area (Å²) < 4.78 is 10.6. The zero-order chi connectivity index (χ0) is 17.0. The fourth-order valence-electron chi connectivity index (χ4n) is 5.79. The molecule has 25 heavy (non-hydrogen) atoms. The van der Waals surface area contributed by atoms with Crippen LogP contribution in [0.15, 0.2) is 9.05 Å². The van der Waals surface area contributed by atoms with Crippen molar-refractivity contribution >= 4 is 0 Å². The second-order valence-corrected chi connectivity index (χ2v) is 8.38. The second-order valence-electron chi connectivity index (χ2n) is 8.38. The standard InChI is InChI=1S/C19H26N4O2/c1-10-18(11(2)24-22-10)19-21-17(23-25-19)9-20-16-8-13-5-12-3-4-15(16)14(6-12)7-13/h12-16,20H,3-9H2,1-2H3. The van der Waals surface area contributed by atoms with E-state index in [-0.39, 0.29) is 0 Å². The third-order valence-electron chi connectivity index (χ3n) is 6.79. The first-order valence-electron chi connectivity index (χ1n) is 9.66. The molecule has 0 aliphatic heterocycles. The number of aromatic nitrogens is 3. The monoisotopic (exact) mass is 342 g/mol. The van der Waals surface area contributed by atoms with E-state index in [0.717, 1.165) is 46.5 Å². The van der Waals surface area contributed by atoms with Gasteiger partial charge in [-0.05, 0) is 69.6 Å². The summed E-state index contributed by atoms with van der Waals surface area (Å²) in [6.45, 7) is 4.44. The molecule has 3 aliphatic carbocycles. The van der Waals surface area contributed by atoms with Gasteiger partial charge in [0.1, 0.15) is 11.3 Å². The van der Waals surface area contributed by atoms with Gasteiger partial charge in [0.15, 0.2) is 5.82 Å². The molecule has 3 bridgehead atoms. The van der Waals surface area contributed by atoms with Gasteiger partial charge in [0, 0.05) is 6.04 Å². The smallest absolute Gasteiger partial charge is 0.263 e. The normalized spacial score (nSPS) is 33.8. The van der Waals surface area contributed by atoms with Crippen molar-refractivity contribution in [2.45, 2.75) is 65.0 Å². The van der Waals surface area contributed by atoms with E-state index in [1.807, 2.05) is 13.8 Å². The van der Waals surface area contributed by atoms with Crippen LogP contribution < -0.4 is 5.32 Å². The molecule has 3 saturated carbocycles. The molecular formula is C19H26N4O2. The van der Waals surface area contributed by atoms with Gasteiger partial charge in [0.25, 0.3) is 5.89 Å². The lowest BCUT2D eigenvalue weighted by Gasteiger charge is -2.52. The number of nitrogens with zero attached hydrogens (tertiary/aromatic N) is 3. The third kappa shape index (κ3) is 2.71. The average Bonchev–Trinajstić information content (AvgIpc) is 3.17. The number of aryl methyl sites for hydroxylation is 2. The van der Waals surface area contributed by atoms with E-state index in [9.17, 15) is 0 Å². The Morgan fingerprint density at radius 2 is 1.88 bits per heavy atom. The molecule has 0 aromatic carbocycles. The molecule has 6 heteroatoms. The molecule has 5 atom stereocenters. The number of nitrogens with one attached hydrogen (secondary N) is 1. The quantitative estimate of drug-likeness (QED) is 0.914. The van der Waals surface area contributed by atoms with Gasteiger partial charge in [-0.25, -0.2) is 0 Å². The van der Waals surface area contributed by atoms with Gasteiger partial charge in [0.2, 0.25) is 0 Å². The van der Waals surface area contributed by atoms with Crippen LogP contribution in [0.2, 0.25) is 0 Å². The molecule has 0 radical (unpaired) electrons. The van der Waals surface area contributed by atoms with Crippen molar-refractivity contribution in [3.63, 3.8) is 0 Å². The highest BCUT2D eigenvalue weighted by atomic mass is 16.5. The minimum absolute atomic E-state index is 0.508. The molecule has 134 valence electrons. The molecule has 3 aliphatic rings. The molecule has 5 unspecified atom stereocenters. The van der Waals surface area contributed by atoms with E-state index in [4.69, 9.17) is 9.05 Å². The largest absolute Gasteiger partial charge is 0.361 e. The summed E-state index contributed by atoms with van der Waals surface area (Å²) in [5.41, 5.74) is 1.61. The Morgan fingerprint density at radius 1 is 1.00 bits per heavy atom. The lowest BCUT2D eigenvalue weighted by molar-refractivity contribution is 0.00584. The van der Waals surface area contributed by atoms with Crippen molar-refractivity contribution in [2.75, 3.05) is 0 Å². The van der Waals surface area contributed by atoms with Gasteiger partial charge in [0.05, 0.1) is 12.2 Å². The molecule has 0 saturated heterocycles. The summed E-state index contributed by atoms with van der Waals surface area (Å²) in [6.07, 6.45) is 8.56. The summed E-state index contributed by atoms with van der Waals surface area (Å²) in [7, 11) is 0. The predicted molar refractivity (Wildman–Crippen MR) is 91.6 cm³/mol. The fourth-order valence-corrected chi connectivity index (χ4v) is 5.79. The highest BCUT2D eigenvalue weighted by Crippen LogP contribution is 2.52. The maximum absolute atomic E-state index is 5.45. The lowest BCUT2D eigenvalue weighted by Crippen LogP contribution is -2.50. The van der Waals surface area contributed by atoms with Gasteiger partial charge in [-0.3, -0.25) is 0 Å². The molecule has 6 nitrogen and oxygen atoms in total. The molecule has 5 rings (SSSR count). The number of fused-ring (bicyclic) bond motifs is 2. The Labute approximate surface area is 147 Å². The topological polar surface area (TPSA) is 77.0 Å². The Bertz CT molecular complexity index is 742. The van der Waals surface area contributed by atoms with Crippen LogP contribution in [0.3, 0.4) is 0 Å². The van der Waals surface area contributed by atoms with Crippen LogP contribution in [0.5, 0.6) is 0 Å². The first-order chi connectivity index (χ1) is 12.2. The van der Waals surface area contributed by atoms with Gasteiger partial charge < -0.3 is 14.4 Å². The zero-order valence-electron chi connectivity index (χ0n) is 15.0. The molecule has 1 N–H and O–H groups in total. The molecule has 2 aromatic rings. The summed E-state index contributed by atoms with van der Waals surface area (Å²) in [4.78, 5) is 4.55. The first-order valence-corrected chi connectivity index (χ1v) is 9.66.